The number of nitrogens with zero attached hydrogens (tertiary/aromatic N) is 1. The number of hydrogen-bond acceptors (Lipinski definition) is 4. The van der Waals surface area contributed by atoms with Gasteiger partial charge in [0.05, 0.1) is 6.54 Å². The van der Waals surface area contributed by atoms with Gasteiger partial charge in [-0.15, -0.1) is 0 Å². The summed E-state index contributed by atoms with van der Waals surface area (Å²) in [5.74, 6) is 0.666. The molecule has 1 rings (SSSR count). The summed E-state index contributed by atoms with van der Waals surface area (Å²) in [6, 6.07) is 7.65. The molecule has 0 unspecified atom stereocenters. The lowest BCUT2D eigenvalue weighted by atomic mass is 10.2. The number of anilines is 1. The molecule has 8 nitrogen and oxygen atoms in total. The molecule has 29 heavy (non-hydrogen) atoms. The van der Waals surface area contributed by atoms with Crippen molar-refractivity contribution in [2.75, 3.05) is 25.0 Å². The monoisotopic (exact) mass is 405 g/mol. The zero-order chi connectivity index (χ0) is 21.7. The Morgan fingerprint density at radius 3 is 2.45 bits per heavy atom. The smallest absolute Gasteiger partial charge is 0.407 e. The van der Waals surface area contributed by atoms with E-state index in [1.165, 1.54) is 0 Å². The third-order valence-electron chi connectivity index (χ3n) is 3.54. The van der Waals surface area contributed by atoms with Crippen LogP contribution in [0.3, 0.4) is 0 Å². The molecule has 0 aliphatic carbocycles. The Hall–Kier alpha value is -2.77. The van der Waals surface area contributed by atoms with Gasteiger partial charge in [0.15, 0.2) is 5.96 Å². The first-order valence-corrected chi connectivity index (χ1v) is 10.1. The highest BCUT2D eigenvalue weighted by atomic mass is 16.6. The van der Waals surface area contributed by atoms with E-state index in [4.69, 9.17) is 4.74 Å². The molecular weight excluding hydrogens is 370 g/mol. The summed E-state index contributed by atoms with van der Waals surface area (Å²) in [7, 11) is 0. The van der Waals surface area contributed by atoms with E-state index in [0.29, 0.717) is 32.0 Å². The number of rotatable bonds is 9. The number of benzene rings is 1. The van der Waals surface area contributed by atoms with Crippen molar-refractivity contribution in [3.63, 3.8) is 0 Å². The standard InChI is InChI=1S/C21H35N5O3/c1-6-9-18(27)26-17-11-8-10-16(14-17)15-25-19(22-7-2)23-12-13-24-20(28)29-21(3,4)5/h8,10-11,14H,6-7,9,12-13,15H2,1-5H3,(H,24,28)(H,26,27)(H2,22,23,25). The zero-order valence-electron chi connectivity index (χ0n) is 18.2. The van der Waals surface area contributed by atoms with Crippen LogP contribution in [0.1, 0.15) is 53.0 Å². The number of alkyl carbamates (subject to hydrolysis) is 1. The van der Waals surface area contributed by atoms with E-state index in [-0.39, 0.29) is 5.91 Å². The Balaban J connectivity index is 2.53. The molecule has 0 spiro atoms. The van der Waals surface area contributed by atoms with E-state index in [1.54, 1.807) is 0 Å². The van der Waals surface area contributed by atoms with Crippen molar-refractivity contribution in [2.45, 2.75) is 59.6 Å². The van der Waals surface area contributed by atoms with Gasteiger partial charge < -0.3 is 26.0 Å². The fraction of sp³-hybridized carbons (Fsp3) is 0.571. The van der Waals surface area contributed by atoms with Crippen LogP contribution in [0.15, 0.2) is 29.3 Å². The van der Waals surface area contributed by atoms with E-state index in [9.17, 15) is 9.59 Å². The van der Waals surface area contributed by atoms with Crippen molar-refractivity contribution in [3.05, 3.63) is 29.8 Å². The lowest BCUT2D eigenvalue weighted by Gasteiger charge is -2.19. The van der Waals surface area contributed by atoms with Gasteiger partial charge in [-0.25, -0.2) is 9.79 Å². The molecule has 8 heteroatoms. The highest BCUT2D eigenvalue weighted by Crippen LogP contribution is 2.12. The Bertz CT molecular complexity index is 683. The van der Waals surface area contributed by atoms with Crippen LogP contribution in [-0.4, -0.2) is 43.2 Å². The van der Waals surface area contributed by atoms with E-state index in [0.717, 1.165) is 24.2 Å². The summed E-state index contributed by atoms with van der Waals surface area (Å²) < 4.78 is 5.20. The fourth-order valence-corrected chi connectivity index (χ4v) is 2.37. The Morgan fingerprint density at radius 1 is 1.07 bits per heavy atom. The Labute approximate surface area is 173 Å². The van der Waals surface area contributed by atoms with Crippen LogP contribution in [0.25, 0.3) is 0 Å². The summed E-state index contributed by atoms with van der Waals surface area (Å²) in [6.45, 7) is 11.5. The molecule has 2 amide bonds. The van der Waals surface area contributed by atoms with Crippen LogP contribution in [0, 0.1) is 0 Å². The van der Waals surface area contributed by atoms with Gasteiger partial charge in [0.25, 0.3) is 0 Å². The van der Waals surface area contributed by atoms with Crippen molar-refractivity contribution >= 4 is 23.6 Å². The predicted molar refractivity (Wildman–Crippen MR) is 117 cm³/mol. The van der Waals surface area contributed by atoms with Gasteiger partial charge in [-0.05, 0) is 51.8 Å². The summed E-state index contributed by atoms with van der Waals surface area (Å²) in [6.07, 6.45) is 0.882. The quantitative estimate of drug-likeness (QED) is 0.287. The van der Waals surface area contributed by atoms with E-state index >= 15 is 0 Å². The lowest BCUT2D eigenvalue weighted by Crippen LogP contribution is -2.42. The number of ether oxygens (including phenoxy) is 1. The van der Waals surface area contributed by atoms with Crippen molar-refractivity contribution in [1.29, 1.82) is 0 Å². The van der Waals surface area contributed by atoms with Crippen molar-refractivity contribution in [1.82, 2.24) is 16.0 Å². The van der Waals surface area contributed by atoms with Gasteiger partial charge >= 0.3 is 6.09 Å². The maximum absolute atomic E-state index is 11.7. The van der Waals surface area contributed by atoms with Crippen molar-refractivity contribution in [2.24, 2.45) is 4.99 Å². The van der Waals surface area contributed by atoms with Crippen molar-refractivity contribution in [3.8, 4) is 0 Å². The summed E-state index contributed by atoms with van der Waals surface area (Å²) in [5.41, 5.74) is 1.25. The Kier molecular flexibility index (Phi) is 10.6. The molecule has 0 radical (unpaired) electrons. The lowest BCUT2D eigenvalue weighted by molar-refractivity contribution is -0.116. The second kappa shape index (κ2) is 12.6. The van der Waals surface area contributed by atoms with Crippen LogP contribution in [0.2, 0.25) is 0 Å². The van der Waals surface area contributed by atoms with E-state index in [1.807, 2.05) is 58.9 Å². The number of aliphatic imine (C=N–C) groups is 1. The van der Waals surface area contributed by atoms with Gasteiger partial charge in [-0.2, -0.15) is 0 Å². The minimum absolute atomic E-state index is 0.0145. The molecule has 1 aromatic rings. The van der Waals surface area contributed by atoms with E-state index in [2.05, 4.69) is 26.3 Å². The predicted octanol–water partition coefficient (Wildman–Crippen LogP) is 3.01. The zero-order valence-corrected chi connectivity index (χ0v) is 18.2. The van der Waals surface area contributed by atoms with Crippen LogP contribution >= 0.6 is 0 Å². The summed E-state index contributed by atoms with van der Waals surface area (Å²) in [5, 5.41) is 11.9. The van der Waals surface area contributed by atoms with Gasteiger partial charge in [0.2, 0.25) is 5.91 Å². The molecule has 0 saturated heterocycles. The SMILES string of the molecule is CCCC(=O)Nc1cccc(CN=C(NCC)NCCNC(=O)OC(C)(C)C)c1. The van der Waals surface area contributed by atoms with Gasteiger partial charge in [0, 0.05) is 31.7 Å². The minimum Gasteiger partial charge on any atom is -0.444 e. The Morgan fingerprint density at radius 2 is 1.79 bits per heavy atom. The first-order valence-electron chi connectivity index (χ1n) is 10.1. The molecule has 0 aliphatic rings. The second-order valence-electron chi connectivity index (χ2n) is 7.55. The normalized spacial score (nSPS) is 11.6. The highest BCUT2D eigenvalue weighted by molar-refractivity contribution is 5.90. The molecule has 0 heterocycles. The molecule has 4 N–H and O–H groups in total. The molecular formula is C21H35N5O3. The number of amides is 2. The molecule has 1 aromatic carbocycles. The molecule has 0 aromatic heterocycles. The molecule has 0 fully saturated rings. The molecule has 0 saturated carbocycles. The topological polar surface area (TPSA) is 104 Å². The fourth-order valence-electron chi connectivity index (χ4n) is 2.37. The van der Waals surface area contributed by atoms with Crippen LogP contribution < -0.4 is 21.3 Å². The van der Waals surface area contributed by atoms with Crippen LogP contribution in [0.5, 0.6) is 0 Å². The summed E-state index contributed by atoms with van der Waals surface area (Å²) >= 11 is 0. The first-order chi connectivity index (χ1) is 13.7. The maximum Gasteiger partial charge on any atom is 0.407 e. The molecule has 0 bridgehead atoms. The van der Waals surface area contributed by atoms with Crippen LogP contribution in [-0.2, 0) is 16.1 Å². The molecule has 0 aliphatic heterocycles. The number of carbonyl (C=O) groups is 2. The molecule has 162 valence electrons. The largest absolute Gasteiger partial charge is 0.444 e. The molecule has 0 atom stereocenters. The number of guanidine groups is 1. The number of hydrogen-bond donors (Lipinski definition) is 4. The van der Waals surface area contributed by atoms with E-state index < -0.39 is 11.7 Å². The van der Waals surface area contributed by atoms with Crippen LogP contribution in [0.4, 0.5) is 10.5 Å². The van der Waals surface area contributed by atoms with Crippen molar-refractivity contribution < 1.29 is 14.3 Å². The average molecular weight is 406 g/mol. The maximum atomic E-state index is 11.7. The second-order valence-corrected chi connectivity index (χ2v) is 7.55. The third-order valence-corrected chi connectivity index (χ3v) is 3.54. The van der Waals surface area contributed by atoms with Gasteiger partial charge in [0.1, 0.15) is 5.60 Å². The third kappa shape index (κ3) is 11.6. The highest BCUT2D eigenvalue weighted by Gasteiger charge is 2.15. The summed E-state index contributed by atoms with van der Waals surface area (Å²) in [4.78, 5) is 28.0. The number of carbonyl (C=O) groups excluding carboxylic acids is 2. The van der Waals surface area contributed by atoms with Gasteiger partial charge in [-0.3, -0.25) is 4.79 Å². The first kappa shape index (κ1) is 24.3. The average Bonchev–Trinajstić information content (AvgIpc) is 2.62. The van der Waals surface area contributed by atoms with Gasteiger partial charge in [-0.1, -0.05) is 19.1 Å². The number of nitrogens with one attached hydrogen (secondary N) is 4. The minimum atomic E-state index is -0.515.